The SMILES string of the molecule is C[N+](CCO)N1CCOCC1. The Labute approximate surface area is 67.3 Å². The van der Waals surface area contributed by atoms with E-state index in [1.807, 2.05) is 12.1 Å². The van der Waals surface area contributed by atoms with E-state index in [9.17, 15) is 0 Å². The minimum atomic E-state index is 0.216. The highest BCUT2D eigenvalue weighted by atomic mass is 16.5. The second-order valence-electron chi connectivity index (χ2n) is 2.67. The third-order valence-electron chi connectivity index (χ3n) is 1.89. The lowest BCUT2D eigenvalue weighted by molar-refractivity contribution is -0.0301. The van der Waals surface area contributed by atoms with Gasteiger partial charge in [-0.05, 0) is 0 Å². The normalized spacial score (nSPS) is 21.0. The van der Waals surface area contributed by atoms with Gasteiger partial charge in [0.15, 0.2) is 6.54 Å². The van der Waals surface area contributed by atoms with Crippen LogP contribution in [-0.2, 0) is 4.74 Å². The van der Waals surface area contributed by atoms with Crippen LogP contribution in [0, 0.1) is 0 Å². The molecule has 1 heterocycles. The van der Waals surface area contributed by atoms with Gasteiger partial charge in [0.25, 0.3) is 0 Å². The quantitative estimate of drug-likeness (QED) is 0.538. The van der Waals surface area contributed by atoms with Crippen molar-refractivity contribution in [3.8, 4) is 0 Å². The number of morpholine rings is 1. The Morgan fingerprint density at radius 3 is 2.64 bits per heavy atom. The number of hydrogen-bond acceptors (Lipinski definition) is 4. The third-order valence-corrected chi connectivity index (χ3v) is 1.89. The van der Waals surface area contributed by atoms with Gasteiger partial charge in [0, 0.05) is 0 Å². The smallest absolute Gasteiger partial charge is 0.167 e. The van der Waals surface area contributed by atoms with Crippen LogP contribution in [0.5, 0.6) is 0 Å². The molecule has 1 rings (SSSR count). The number of ether oxygens (including phenoxy) is 1. The van der Waals surface area contributed by atoms with Crippen molar-refractivity contribution >= 4 is 0 Å². The van der Waals surface area contributed by atoms with Gasteiger partial charge in [0.2, 0.25) is 0 Å². The molecular weight excluding hydrogens is 144 g/mol. The van der Waals surface area contributed by atoms with Crippen molar-refractivity contribution < 1.29 is 9.84 Å². The van der Waals surface area contributed by atoms with Crippen LogP contribution in [0.15, 0.2) is 0 Å². The largest absolute Gasteiger partial charge is 0.390 e. The summed E-state index contributed by atoms with van der Waals surface area (Å²) in [5, 5.41) is 12.9. The predicted molar refractivity (Wildman–Crippen MR) is 42.4 cm³/mol. The van der Waals surface area contributed by atoms with Crippen LogP contribution in [0.4, 0.5) is 0 Å². The molecule has 65 valence electrons. The van der Waals surface area contributed by atoms with Crippen LogP contribution < -0.4 is 5.01 Å². The highest BCUT2D eigenvalue weighted by Gasteiger charge is 2.22. The van der Waals surface area contributed by atoms with Crippen molar-refractivity contribution in [2.24, 2.45) is 0 Å². The van der Waals surface area contributed by atoms with Crippen molar-refractivity contribution in [3.63, 3.8) is 0 Å². The maximum absolute atomic E-state index is 8.67. The summed E-state index contributed by atoms with van der Waals surface area (Å²) in [4.78, 5) is 0. The summed E-state index contributed by atoms with van der Waals surface area (Å²) in [6.45, 7) is 4.41. The van der Waals surface area contributed by atoms with E-state index < -0.39 is 0 Å². The number of nitrogens with zero attached hydrogens (tertiary/aromatic N) is 2. The van der Waals surface area contributed by atoms with Crippen LogP contribution >= 0.6 is 0 Å². The van der Waals surface area contributed by atoms with Gasteiger partial charge in [0.05, 0.1) is 32.9 Å². The monoisotopic (exact) mass is 160 g/mol. The Morgan fingerprint density at radius 2 is 2.09 bits per heavy atom. The number of likely N-dealkylation sites (N-methyl/N-ethyl adjacent to an activating group) is 1. The van der Waals surface area contributed by atoms with E-state index in [1.165, 1.54) is 0 Å². The summed E-state index contributed by atoms with van der Waals surface area (Å²) in [5.74, 6) is 0. The van der Waals surface area contributed by atoms with Gasteiger partial charge in [-0.3, -0.25) is 0 Å². The average Bonchev–Trinajstić information content (AvgIpc) is 2.07. The first-order valence-electron chi connectivity index (χ1n) is 3.99. The molecule has 0 spiro atoms. The van der Waals surface area contributed by atoms with Crippen molar-refractivity contribution in [1.82, 2.24) is 10.0 Å². The lowest BCUT2D eigenvalue weighted by atomic mass is 10.5. The number of hydrazine groups is 1. The fraction of sp³-hybridized carbons (Fsp3) is 1.00. The van der Waals surface area contributed by atoms with E-state index >= 15 is 0 Å². The van der Waals surface area contributed by atoms with E-state index in [0.717, 1.165) is 26.3 Å². The molecule has 4 nitrogen and oxygen atoms in total. The van der Waals surface area contributed by atoms with Gasteiger partial charge in [-0.25, -0.2) is 0 Å². The minimum absolute atomic E-state index is 0.216. The van der Waals surface area contributed by atoms with E-state index in [2.05, 4.69) is 5.01 Å². The second-order valence-corrected chi connectivity index (χ2v) is 2.67. The Hall–Kier alpha value is -0.160. The summed E-state index contributed by atoms with van der Waals surface area (Å²) < 4.78 is 5.20. The fourth-order valence-electron chi connectivity index (χ4n) is 1.18. The first-order valence-corrected chi connectivity index (χ1v) is 3.99. The molecule has 0 aromatic carbocycles. The highest BCUT2D eigenvalue weighted by Crippen LogP contribution is 1.96. The van der Waals surface area contributed by atoms with Crippen LogP contribution in [0.25, 0.3) is 0 Å². The summed E-state index contributed by atoms with van der Waals surface area (Å²) in [6, 6.07) is 0. The molecule has 0 unspecified atom stereocenters. The minimum Gasteiger partial charge on any atom is -0.390 e. The molecular formula is C7H16N2O2+. The van der Waals surface area contributed by atoms with Crippen molar-refractivity contribution in [2.75, 3.05) is 46.5 Å². The number of aliphatic hydroxyl groups is 1. The predicted octanol–water partition coefficient (Wildman–Crippen LogP) is -1.00. The molecule has 1 aliphatic heterocycles. The second kappa shape index (κ2) is 4.66. The molecule has 0 aromatic heterocycles. The first kappa shape index (κ1) is 8.93. The van der Waals surface area contributed by atoms with Gasteiger partial charge in [-0.1, -0.05) is 5.01 Å². The molecule has 4 heteroatoms. The summed E-state index contributed by atoms with van der Waals surface area (Å²) in [5.41, 5.74) is 0. The third kappa shape index (κ3) is 2.75. The van der Waals surface area contributed by atoms with Crippen LogP contribution in [-0.4, -0.2) is 56.6 Å². The van der Waals surface area contributed by atoms with Gasteiger partial charge in [-0.15, -0.1) is 5.01 Å². The number of aliphatic hydroxyl groups excluding tert-OH is 1. The fourth-order valence-corrected chi connectivity index (χ4v) is 1.18. The molecule has 0 bridgehead atoms. The number of rotatable bonds is 3. The molecule has 0 atom stereocenters. The van der Waals surface area contributed by atoms with Crippen molar-refractivity contribution in [3.05, 3.63) is 0 Å². The maximum Gasteiger partial charge on any atom is 0.167 e. The molecule has 0 amide bonds. The topological polar surface area (TPSA) is 38.6 Å². The Kier molecular flexibility index (Phi) is 3.79. The Bertz CT molecular complexity index is 105. The molecule has 0 saturated carbocycles. The summed E-state index contributed by atoms with van der Waals surface area (Å²) in [6.07, 6.45) is 0. The zero-order chi connectivity index (χ0) is 8.10. The molecule has 1 saturated heterocycles. The first-order chi connectivity index (χ1) is 5.34. The average molecular weight is 160 g/mol. The summed E-state index contributed by atoms with van der Waals surface area (Å²) >= 11 is 0. The molecule has 1 fully saturated rings. The van der Waals surface area contributed by atoms with Gasteiger partial charge < -0.3 is 9.84 Å². The standard InChI is InChI=1S/C7H16N2O2/c1-8(2-5-10)9-3-6-11-7-4-9/h10H,2-7H2,1H3/q+1. The van der Waals surface area contributed by atoms with E-state index in [-0.39, 0.29) is 6.61 Å². The Balaban J connectivity index is 2.21. The number of hydrogen-bond donors (Lipinski definition) is 1. The van der Waals surface area contributed by atoms with Crippen molar-refractivity contribution in [1.29, 1.82) is 0 Å². The van der Waals surface area contributed by atoms with Gasteiger partial charge in [0.1, 0.15) is 7.05 Å². The maximum atomic E-state index is 8.67. The summed E-state index contributed by atoms with van der Waals surface area (Å²) in [7, 11) is 1.99. The highest BCUT2D eigenvalue weighted by molar-refractivity contribution is 4.61. The van der Waals surface area contributed by atoms with E-state index in [0.29, 0.717) is 6.54 Å². The molecule has 0 aliphatic carbocycles. The molecule has 1 aliphatic rings. The van der Waals surface area contributed by atoms with E-state index in [1.54, 1.807) is 0 Å². The molecule has 1 radical (unpaired) electrons. The Morgan fingerprint density at radius 1 is 1.45 bits per heavy atom. The van der Waals surface area contributed by atoms with Gasteiger partial charge in [-0.2, -0.15) is 0 Å². The lowest BCUT2D eigenvalue weighted by Crippen LogP contribution is -2.51. The van der Waals surface area contributed by atoms with Crippen LogP contribution in [0.1, 0.15) is 0 Å². The molecule has 11 heavy (non-hydrogen) atoms. The lowest BCUT2D eigenvalue weighted by Gasteiger charge is -2.25. The molecule has 0 aromatic rings. The van der Waals surface area contributed by atoms with Crippen LogP contribution in [0.3, 0.4) is 0 Å². The zero-order valence-corrected chi connectivity index (χ0v) is 6.99. The molecule has 1 N–H and O–H groups in total. The van der Waals surface area contributed by atoms with Crippen LogP contribution in [0.2, 0.25) is 0 Å². The van der Waals surface area contributed by atoms with Gasteiger partial charge >= 0.3 is 0 Å². The van der Waals surface area contributed by atoms with E-state index in [4.69, 9.17) is 9.84 Å². The van der Waals surface area contributed by atoms with Crippen molar-refractivity contribution in [2.45, 2.75) is 0 Å². The zero-order valence-electron chi connectivity index (χ0n) is 6.99.